The number of carbonyl (C=O) groups is 2. The van der Waals surface area contributed by atoms with Gasteiger partial charge in [-0.1, -0.05) is 94.9 Å². The molecule has 3 N–H and O–H groups in total. The van der Waals surface area contributed by atoms with E-state index in [0.29, 0.717) is 49.6 Å². The summed E-state index contributed by atoms with van der Waals surface area (Å²) in [4.78, 5) is 34.7. The Morgan fingerprint density at radius 3 is 2.41 bits per heavy atom. The van der Waals surface area contributed by atoms with E-state index in [1.807, 2.05) is 12.1 Å². The van der Waals surface area contributed by atoms with Crippen molar-refractivity contribution >= 4 is 29.5 Å². The van der Waals surface area contributed by atoms with Crippen LogP contribution in [0.5, 0.6) is 11.5 Å². The number of hydrogen-bond acceptors (Lipinski definition) is 11. The first-order chi connectivity index (χ1) is 30.8. The molecular weight excluding hydrogens is 826 g/mol. The molecule has 0 bridgehead atoms. The molecule has 354 valence electrons. The number of amides is 2. The Kier molecular flexibility index (Phi) is 21.9. The van der Waals surface area contributed by atoms with Crippen molar-refractivity contribution in [1.29, 1.82) is 0 Å². The summed E-state index contributed by atoms with van der Waals surface area (Å²) in [5.41, 5.74) is 2.41. The highest BCUT2D eigenvalue weighted by molar-refractivity contribution is 6.18. The minimum absolute atomic E-state index is 0.00914. The van der Waals surface area contributed by atoms with Crippen LogP contribution in [0.15, 0.2) is 47.7 Å². The lowest BCUT2D eigenvalue weighted by molar-refractivity contribution is -0.254. The average molecular weight is 903 g/mol. The molecule has 63 heavy (non-hydrogen) atoms. The molecule has 1 saturated heterocycles. The Balaban J connectivity index is 1.51. The van der Waals surface area contributed by atoms with Gasteiger partial charge in [0.25, 0.3) is 0 Å². The molecule has 0 spiro atoms. The van der Waals surface area contributed by atoms with Crippen LogP contribution in [0.25, 0.3) is 0 Å². The number of alkyl halides is 1. The molecule has 2 aliphatic heterocycles. The summed E-state index contributed by atoms with van der Waals surface area (Å²) in [5, 5.41) is 27.6. The van der Waals surface area contributed by atoms with Crippen molar-refractivity contribution < 1.29 is 48.3 Å². The quantitative estimate of drug-likeness (QED) is 0.0320. The molecule has 0 radical (unpaired) electrons. The van der Waals surface area contributed by atoms with Gasteiger partial charge in [-0.25, -0.2) is 9.59 Å². The van der Waals surface area contributed by atoms with Crippen LogP contribution in [0.3, 0.4) is 0 Å². The number of allylic oxidation sites excluding steroid dienone is 1. The lowest BCUT2D eigenvalue weighted by atomic mass is 9.55. The molecule has 2 amide bonds. The second kappa shape index (κ2) is 27.2. The maximum atomic E-state index is 13.8. The molecule has 5 rings (SSSR count). The fraction of sp³-hybridized carbons (Fsp3) is 0.735. The number of ether oxygens (including phenoxy) is 5. The van der Waals surface area contributed by atoms with Crippen LogP contribution >= 0.6 is 11.6 Å². The molecule has 1 aromatic carbocycles. The van der Waals surface area contributed by atoms with Gasteiger partial charge in [-0.15, -0.1) is 18.2 Å². The number of halogens is 1. The normalized spacial score (nSPS) is 25.5. The Labute approximate surface area is 381 Å². The highest BCUT2D eigenvalue weighted by Gasteiger charge is 2.65. The maximum absolute atomic E-state index is 13.8. The summed E-state index contributed by atoms with van der Waals surface area (Å²) >= 11 is 5.97. The Morgan fingerprint density at radius 1 is 1.00 bits per heavy atom. The average Bonchev–Trinajstić information content (AvgIpc) is 3.29. The number of fused-ring (bicyclic) bond motifs is 2. The van der Waals surface area contributed by atoms with Gasteiger partial charge in [0, 0.05) is 51.1 Å². The van der Waals surface area contributed by atoms with Crippen molar-refractivity contribution in [3.8, 4) is 11.5 Å². The number of oxime groups is 1. The number of likely N-dealkylation sites (N-methyl/N-ethyl adjacent to an activating group) is 1. The van der Waals surface area contributed by atoms with Gasteiger partial charge < -0.3 is 49.0 Å². The SMILES string of the molecule is C=CCOC12Oc3ccc(OC(=O)NCCCCCCCCCCCC)cc3C3C(CCCCO)C(CCCCO)C=C(C(=NOC4CCCCO4)CC1N(C)C(=O)OCCCl)C32. The van der Waals surface area contributed by atoms with Gasteiger partial charge in [-0.05, 0) is 80.6 Å². The van der Waals surface area contributed by atoms with E-state index >= 15 is 0 Å². The number of benzene rings is 1. The van der Waals surface area contributed by atoms with Gasteiger partial charge in [-0.2, -0.15) is 0 Å². The molecule has 4 aliphatic rings. The standard InChI is InChI=1S/C49H76ClN3O10/c1-4-6-7-8-9-10-11-12-13-17-27-51-47(56)61-37-24-25-42-40(34-37)45-38(22-15-19-29-55)36(21-14-18-28-54)33-39-41(52-63-44-23-16-20-31-58-44)35-43(53(3)48(57)59-32-26-50)49(62-42,46(39)45)60-30-5-2/h5,24-25,33-34,36,38,43-46,54-55H,2,4,6-23,26-32,35H2,1,3H3,(H,51,56). The third kappa shape index (κ3) is 14.1. The highest BCUT2D eigenvalue weighted by atomic mass is 35.5. The number of rotatable bonds is 28. The van der Waals surface area contributed by atoms with Gasteiger partial charge in [0.15, 0.2) is 0 Å². The monoisotopic (exact) mass is 902 g/mol. The summed E-state index contributed by atoms with van der Waals surface area (Å²) in [6.45, 7) is 7.67. The number of hydrogen-bond donors (Lipinski definition) is 3. The van der Waals surface area contributed by atoms with E-state index in [1.54, 1.807) is 19.2 Å². The Hall–Kier alpha value is -3.36. The fourth-order valence-electron chi connectivity index (χ4n) is 10.0. The molecular formula is C49H76ClN3O10. The lowest BCUT2D eigenvalue weighted by Gasteiger charge is -2.59. The van der Waals surface area contributed by atoms with Crippen molar-refractivity contribution in [3.05, 3.63) is 48.1 Å². The number of nitrogens with one attached hydrogen (secondary N) is 1. The van der Waals surface area contributed by atoms with E-state index in [1.165, 1.54) is 49.8 Å². The van der Waals surface area contributed by atoms with Crippen LogP contribution in [0.1, 0.15) is 147 Å². The van der Waals surface area contributed by atoms with Crippen LogP contribution in [0.2, 0.25) is 0 Å². The zero-order valence-electron chi connectivity index (χ0n) is 38.1. The smallest absolute Gasteiger partial charge is 0.412 e. The fourth-order valence-corrected chi connectivity index (χ4v) is 10.1. The molecule has 7 atom stereocenters. The first kappa shape index (κ1) is 50.6. The maximum Gasteiger partial charge on any atom is 0.412 e. The molecule has 1 saturated carbocycles. The van der Waals surface area contributed by atoms with E-state index in [0.717, 1.165) is 68.9 Å². The Morgan fingerprint density at radius 2 is 1.73 bits per heavy atom. The van der Waals surface area contributed by atoms with Crippen molar-refractivity contribution in [2.45, 2.75) is 159 Å². The second-order valence-corrected chi connectivity index (χ2v) is 18.0. The molecule has 2 aliphatic carbocycles. The second-order valence-electron chi connectivity index (χ2n) is 17.6. The first-order valence-electron chi connectivity index (χ1n) is 24.1. The van der Waals surface area contributed by atoms with E-state index in [2.05, 4.69) is 24.9 Å². The minimum Gasteiger partial charge on any atom is -0.459 e. The lowest BCUT2D eigenvalue weighted by Crippen LogP contribution is -2.69. The predicted octanol–water partition coefficient (Wildman–Crippen LogP) is 10.2. The summed E-state index contributed by atoms with van der Waals surface area (Å²) in [6.07, 6.45) is 21.8. The molecule has 2 fully saturated rings. The molecule has 7 unspecified atom stereocenters. The molecule has 2 heterocycles. The van der Waals surface area contributed by atoms with Crippen LogP contribution < -0.4 is 14.8 Å². The number of aliphatic hydroxyl groups excluding tert-OH is 2. The van der Waals surface area contributed by atoms with Crippen molar-refractivity contribution in [1.82, 2.24) is 10.2 Å². The number of aliphatic hydroxyl groups is 2. The third-order valence-electron chi connectivity index (χ3n) is 13.1. The summed E-state index contributed by atoms with van der Waals surface area (Å²) in [7, 11) is 1.68. The predicted molar refractivity (Wildman–Crippen MR) is 245 cm³/mol. The molecule has 0 aromatic heterocycles. The van der Waals surface area contributed by atoms with Crippen molar-refractivity contribution in [2.75, 3.05) is 52.5 Å². The van der Waals surface area contributed by atoms with Crippen molar-refractivity contribution in [3.63, 3.8) is 0 Å². The van der Waals surface area contributed by atoms with Gasteiger partial charge in [0.05, 0.1) is 30.7 Å². The van der Waals surface area contributed by atoms with Crippen LogP contribution in [-0.2, 0) is 19.0 Å². The van der Waals surface area contributed by atoms with Gasteiger partial charge in [0.1, 0.15) is 24.1 Å². The number of nitrogens with zero attached hydrogens (tertiary/aromatic N) is 2. The zero-order valence-corrected chi connectivity index (χ0v) is 38.8. The largest absolute Gasteiger partial charge is 0.459 e. The van der Waals surface area contributed by atoms with E-state index < -0.39 is 36.2 Å². The zero-order chi connectivity index (χ0) is 44.9. The summed E-state index contributed by atoms with van der Waals surface area (Å²) in [5.74, 6) is -1.09. The third-order valence-corrected chi connectivity index (χ3v) is 13.3. The Bertz CT molecular complexity index is 1620. The minimum atomic E-state index is -1.44. The molecule has 14 heteroatoms. The highest BCUT2D eigenvalue weighted by Crippen LogP contribution is 2.62. The molecule has 1 aromatic rings. The van der Waals surface area contributed by atoms with E-state index in [9.17, 15) is 19.8 Å². The van der Waals surface area contributed by atoms with E-state index in [4.69, 9.17) is 45.3 Å². The van der Waals surface area contributed by atoms with Crippen LogP contribution in [-0.4, -0.2) is 104 Å². The topological polar surface area (TPSA) is 158 Å². The first-order valence-corrected chi connectivity index (χ1v) is 24.6. The number of carbonyl (C=O) groups excluding carboxylic acids is 2. The van der Waals surface area contributed by atoms with Gasteiger partial charge >= 0.3 is 12.2 Å². The van der Waals surface area contributed by atoms with Crippen LogP contribution in [0.4, 0.5) is 9.59 Å². The summed E-state index contributed by atoms with van der Waals surface area (Å²) in [6, 6.07) is 4.73. The number of unbranched alkanes of at least 4 members (excludes halogenated alkanes) is 11. The van der Waals surface area contributed by atoms with Crippen molar-refractivity contribution in [2.24, 2.45) is 22.9 Å². The van der Waals surface area contributed by atoms with E-state index in [-0.39, 0.29) is 56.5 Å². The summed E-state index contributed by atoms with van der Waals surface area (Å²) < 4.78 is 31.6. The molecule has 13 nitrogen and oxygen atoms in total. The van der Waals surface area contributed by atoms with Gasteiger partial charge in [0.2, 0.25) is 12.1 Å². The van der Waals surface area contributed by atoms with Crippen LogP contribution in [0, 0.1) is 17.8 Å². The van der Waals surface area contributed by atoms with Gasteiger partial charge in [-0.3, -0.25) is 0 Å².